The molecule has 0 radical (unpaired) electrons. The summed E-state index contributed by atoms with van der Waals surface area (Å²) >= 11 is 0. The molecule has 1 spiro atoms. The summed E-state index contributed by atoms with van der Waals surface area (Å²) in [6.07, 6.45) is 2.19. The van der Waals surface area contributed by atoms with E-state index in [0.29, 0.717) is 49.3 Å². The number of alkyl carbamates (subject to hydrolysis) is 1. The molecule has 2 aromatic rings. The predicted molar refractivity (Wildman–Crippen MR) is 111 cm³/mol. The number of hydrogen-bond acceptors (Lipinski definition) is 6. The van der Waals surface area contributed by atoms with E-state index >= 15 is 8.78 Å². The molecule has 172 valence electrons. The number of likely N-dealkylation sites (tertiary alicyclic amines) is 1. The van der Waals surface area contributed by atoms with Crippen molar-refractivity contribution in [2.75, 3.05) is 32.7 Å². The maximum Gasteiger partial charge on any atom is 0.407 e. The van der Waals surface area contributed by atoms with Crippen LogP contribution in [0, 0.1) is 17.6 Å². The zero-order valence-corrected chi connectivity index (χ0v) is 17.7. The van der Waals surface area contributed by atoms with Crippen LogP contribution in [0.5, 0.6) is 0 Å². The average Bonchev–Trinajstić information content (AvgIpc) is 3.55. The molecule has 3 saturated heterocycles. The van der Waals surface area contributed by atoms with Gasteiger partial charge in [-0.3, -0.25) is 0 Å². The topological polar surface area (TPSA) is 103 Å². The molecule has 3 aliphatic heterocycles. The number of aliphatic hydroxyl groups is 1. The monoisotopic (exact) mass is 447 g/mol. The highest BCUT2D eigenvalue weighted by molar-refractivity contribution is 5.79. The van der Waals surface area contributed by atoms with E-state index in [1.165, 1.54) is 0 Å². The molecule has 1 aliphatic carbocycles. The third kappa shape index (κ3) is 3.27. The Hall–Kier alpha value is -2.30. The van der Waals surface area contributed by atoms with Crippen LogP contribution in [-0.2, 0) is 17.6 Å². The second-order valence-corrected chi connectivity index (χ2v) is 9.78. The highest BCUT2D eigenvalue weighted by Gasteiger charge is 2.43. The number of aromatic nitrogens is 2. The highest BCUT2D eigenvalue weighted by Crippen LogP contribution is 2.38. The Kier molecular flexibility index (Phi) is 4.67. The van der Waals surface area contributed by atoms with E-state index < -0.39 is 23.3 Å². The number of nitrogens with one attached hydrogen (secondary N) is 3. The molecule has 6 rings (SSSR count). The largest absolute Gasteiger partial charge is 0.441 e. The van der Waals surface area contributed by atoms with Crippen LogP contribution in [0.25, 0.3) is 11.0 Å². The van der Waals surface area contributed by atoms with Gasteiger partial charge in [0.1, 0.15) is 22.5 Å². The third-order valence-corrected chi connectivity index (χ3v) is 7.61. The fourth-order valence-electron chi connectivity index (χ4n) is 5.85. The number of hydrogen-bond donors (Lipinski definition) is 4. The van der Waals surface area contributed by atoms with Crippen molar-refractivity contribution in [3.05, 3.63) is 28.6 Å². The van der Waals surface area contributed by atoms with Crippen molar-refractivity contribution in [1.82, 2.24) is 25.5 Å². The Bertz CT molecular complexity index is 1030. The van der Waals surface area contributed by atoms with Gasteiger partial charge in [0, 0.05) is 39.0 Å². The van der Waals surface area contributed by atoms with E-state index in [9.17, 15) is 9.90 Å². The summed E-state index contributed by atoms with van der Waals surface area (Å²) in [6.45, 7) is 3.38. The van der Waals surface area contributed by atoms with Crippen LogP contribution in [0.15, 0.2) is 0 Å². The number of piperidine rings is 1. The Balaban J connectivity index is 1.17. The minimum Gasteiger partial charge on any atom is -0.441 e. The molecule has 1 aromatic heterocycles. The molecule has 4 heterocycles. The Morgan fingerprint density at radius 1 is 1.19 bits per heavy atom. The fraction of sp³-hybridized carbons (Fsp3) is 0.636. The lowest BCUT2D eigenvalue weighted by Crippen LogP contribution is -2.47. The number of aliphatic hydroxyl groups excluding tert-OH is 1. The molecule has 3 fully saturated rings. The van der Waals surface area contributed by atoms with Gasteiger partial charge in [0.25, 0.3) is 0 Å². The average molecular weight is 447 g/mol. The van der Waals surface area contributed by atoms with Crippen molar-refractivity contribution in [1.29, 1.82) is 0 Å². The maximum absolute atomic E-state index is 15.3. The van der Waals surface area contributed by atoms with Gasteiger partial charge < -0.3 is 30.4 Å². The van der Waals surface area contributed by atoms with Gasteiger partial charge >= 0.3 is 6.09 Å². The molecule has 32 heavy (non-hydrogen) atoms. The molecule has 0 saturated carbocycles. The zero-order valence-electron chi connectivity index (χ0n) is 17.7. The summed E-state index contributed by atoms with van der Waals surface area (Å²) in [5.74, 6) is -0.219. The molecule has 1 unspecified atom stereocenters. The summed E-state index contributed by atoms with van der Waals surface area (Å²) in [5, 5.41) is 15.6. The Morgan fingerprint density at radius 2 is 1.94 bits per heavy atom. The number of carbonyl (C=O) groups excluding carboxylic acids is 1. The van der Waals surface area contributed by atoms with Crippen LogP contribution >= 0.6 is 0 Å². The van der Waals surface area contributed by atoms with Gasteiger partial charge in [0.05, 0.1) is 18.7 Å². The first-order valence-corrected chi connectivity index (χ1v) is 11.4. The van der Waals surface area contributed by atoms with Gasteiger partial charge in [-0.15, -0.1) is 0 Å². The van der Waals surface area contributed by atoms with Crippen molar-refractivity contribution in [2.45, 2.75) is 49.9 Å². The van der Waals surface area contributed by atoms with Gasteiger partial charge in [-0.1, -0.05) is 0 Å². The minimum atomic E-state index is -0.477. The van der Waals surface area contributed by atoms with Crippen molar-refractivity contribution in [3.8, 4) is 0 Å². The van der Waals surface area contributed by atoms with Crippen LogP contribution in [0.3, 0.4) is 0 Å². The highest BCUT2D eigenvalue weighted by atomic mass is 19.1. The number of rotatable bonds is 3. The normalized spacial score (nSPS) is 27.9. The third-order valence-electron chi connectivity index (χ3n) is 7.61. The number of aromatic amines is 1. The SMILES string of the molecule is O=C1NCC2(CCN(CC3Cc4c(c(F)c5[nH]c([C@@H]6C[C@@H](O)CN6)nc5c4F)C3)CC2)O1. The van der Waals surface area contributed by atoms with E-state index in [1.54, 1.807) is 0 Å². The number of fused-ring (bicyclic) bond motifs is 2. The smallest absolute Gasteiger partial charge is 0.407 e. The van der Waals surface area contributed by atoms with Crippen molar-refractivity contribution in [3.63, 3.8) is 0 Å². The molecular formula is C22H27F2N5O3. The number of benzene rings is 1. The molecule has 1 amide bonds. The summed E-state index contributed by atoms with van der Waals surface area (Å²) in [6, 6.07) is -0.226. The molecule has 4 aliphatic rings. The lowest BCUT2D eigenvalue weighted by Gasteiger charge is -2.38. The number of carbonyl (C=O) groups is 1. The lowest BCUT2D eigenvalue weighted by atomic mass is 9.91. The molecule has 8 nitrogen and oxygen atoms in total. The van der Waals surface area contributed by atoms with Crippen molar-refractivity contribution in [2.24, 2.45) is 5.92 Å². The van der Waals surface area contributed by atoms with E-state index in [1.807, 2.05) is 0 Å². The van der Waals surface area contributed by atoms with Crippen molar-refractivity contribution >= 4 is 17.1 Å². The van der Waals surface area contributed by atoms with Crippen LogP contribution < -0.4 is 10.6 Å². The van der Waals surface area contributed by atoms with E-state index in [2.05, 4.69) is 25.5 Å². The standard InChI is InChI=1S/C22H27F2N5O3/c23-16-13-5-11(9-29-3-1-22(2-4-29)10-26-21(31)32-22)6-14(13)17(24)19-18(16)27-20(28-19)15-7-12(30)8-25-15/h11-12,15,25,30H,1-10H2,(H,26,31)(H,27,28)/t12-,15+/m1/s1. The second kappa shape index (κ2) is 7.36. The summed E-state index contributed by atoms with van der Waals surface area (Å²) in [4.78, 5) is 21.0. The van der Waals surface area contributed by atoms with Gasteiger partial charge in [-0.25, -0.2) is 18.6 Å². The molecule has 1 aromatic carbocycles. The first-order chi connectivity index (χ1) is 15.4. The lowest BCUT2D eigenvalue weighted by molar-refractivity contribution is -0.00216. The first-order valence-electron chi connectivity index (χ1n) is 11.4. The van der Waals surface area contributed by atoms with Crippen LogP contribution in [0.2, 0.25) is 0 Å². The molecule has 3 atom stereocenters. The fourth-order valence-corrected chi connectivity index (χ4v) is 5.85. The number of ether oxygens (including phenoxy) is 1. The first kappa shape index (κ1) is 20.3. The number of halogens is 2. The van der Waals surface area contributed by atoms with Crippen molar-refractivity contribution < 1.29 is 23.4 Å². The number of nitrogens with zero attached hydrogens (tertiary/aromatic N) is 2. The van der Waals surface area contributed by atoms with E-state index in [0.717, 1.165) is 32.5 Å². The molecular weight excluding hydrogens is 420 g/mol. The maximum atomic E-state index is 15.3. The molecule has 10 heteroatoms. The minimum absolute atomic E-state index is 0.0514. The quantitative estimate of drug-likeness (QED) is 0.569. The van der Waals surface area contributed by atoms with E-state index in [-0.39, 0.29) is 29.1 Å². The Labute approximate surface area is 183 Å². The van der Waals surface area contributed by atoms with Crippen LogP contribution in [-0.4, -0.2) is 70.5 Å². The zero-order chi connectivity index (χ0) is 22.0. The molecule has 0 bridgehead atoms. The van der Waals surface area contributed by atoms with Gasteiger partial charge in [-0.05, 0) is 36.3 Å². The number of β-amino-alcohol motifs (C(OH)–C–C–N with tert-alkyl or cyclic N) is 1. The number of imidazole rings is 1. The summed E-state index contributed by atoms with van der Waals surface area (Å²) in [5.41, 5.74) is 0.680. The van der Waals surface area contributed by atoms with Crippen LogP contribution in [0.1, 0.15) is 42.3 Å². The van der Waals surface area contributed by atoms with Gasteiger partial charge in [0.2, 0.25) is 0 Å². The predicted octanol–water partition coefficient (Wildman–Crippen LogP) is 1.53. The second-order valence-electron chi connectivity index (χ2n) is 9.78. The van der Waals surface area contributed by atoms with Crippen LogP contribution in [0.4, 0.5) is 13.6 Å². The van der Waals surface area contributed by atoms with Gasteiger partial charge in [-0.2, -0.15) is 0 Å². The van der Waals surface area contributed by atoms with Gasteiger partial charge in [0.15, 0.2) is 11.6 Å². The van der Waals surface area contributed by atoms with E-state index in [4.69, 9.17) is 4.74 Å². The Morgan fingerprint density at radius 3 is 2.59 bits per heavy atom. The number of amides is 1. The number of H-pyrrole nitrogens is 1. The molecule has 4 N–H and O–H groups in total. The summed E-state index contributed by atoms with van der Waals surface area (Å²) < 4.78 is 36.1. The summed E-state index contributed by atoms with van der Waals surface area (Å²) in [7, 11) is 0.